The molecule has 3 rings (SSSR count). The maximum absolute atomic E-state index is 5.85. The molecule has 2 aromatic rings. The van der Waals surface area contributed by atoms with Crippen LogP contribution >= 0.6 is 11.6 Å². The molecule has 0 aliphatic carbocycles. The van der Waals surface area contributed by atoms with E-state index in [9.17, 15) is 0 Å². The van der Waals surface area contributed by atoms with E-state index in [1.54, 1.807) is 18.6 Å². The highest BCUT2D eigenvalue weighted by atomic mass is 35.5. The number of halogens is 1. The summed E-state index contributed by atoms with van der Waals surface area (Å²) in [7, 11) is 0. The maximum atomic E-state index is 5.85. The lowest BCUT2D eigenvalue weighted by atomic mass is 10.2. The van der Waals surface area contributed by atoms with Crippen molar-refractivity contribution in [2.24, 2.45) is 0 Å². The third kappa shape index (κ3) is 4.18. The van der Waals surface area contributed by atoms with Crippen LogP contribution in [-0.4, -0.2) is 57.4 Å². The van der Waals surface area contributed by atoms with Gasteiger partial charge in [-0.15, -0.1) is 0 Å². The summed E-state index contributed by atoms with van der Waals surface area (Å²) in [5.74, 6) is 0.845. The second kappa shape index (κ2) is 7.56. The van der Waals surface area contributed by atoms with Crippen molar-refractivity contribution in [1.82, 2.24) is 24.6 Å². The van der Waals surface area contributed by atoms with Crippen LogP contribution in [0.5, 0.6) is 0 Å². The monoisotopic (exact) mass is 320 g/mol. The Balaban J connectivity index is 1.34. The summed E-state index contributed by atoms with van der Waals surface area (Å²) < 4.78 is 1.91. The first kappa shape index (κ1) is 15.2. The van der Waals surface area contributed by atoms with Crippen LogP contribution in [0, 0.1) is 0 Å². The molecule has 0 atom stereocenters. The van der Waals surface area contributed by atoms with E-state index >= 15 is 0 Å². The van der Waals surface area contributed by atoms with Gasteiger partial charge in [-0.2, -0.15) is 5.10 Å². The SMILES string of the molecule is Clc1cnn(CCCCN2CCN(c3ncccn3)CC2)c1. The van der Waals surface area contributed by atoms with Crippen LogP contribution < -0.4 is 4.90 Å². The minimum atomic E-state index is 0.708. The fourth-order valence-corrected chi connectivity index (χ4v) is 2.85. The van der Waals surface area contributed by atoms with E-state index in [0.717, 1.165) is 51.6 Å². The predicted octanol–water partition coefficient (Wildman–Crippen LogP) is 1.93. The van der Waals surface area contributed by atoms with E-state index in [1.165, 1.54) is 6.42 Å². The number of aromatic nitrogens is 4. The lowest BCUT2D eigenvalue weighted by molar-refractivity contribution is 0.249. The molecule has 0 N–H and O–H groups in total. The van der Waals surface area contributed by atoms with Gasteiger partial charge in [-0.3, -0.25) is 9.58 Å². The van der Waals surface area contributed by atoms with E-state index in [4.69, 9.17) is 11.6 Å². The summed E-state index contributed by atoms with van der Waals surface area (Å²) in [6, 6.07) is 1.85. The Morgan fingerprint density at radius 2 is 1.73 bits per heavy atom. The van der Waals surface area contributed by atoms with Crippen LogP contribution in [0.2, 0.25) is 5.02 Å². The molecule has 0 amide bonds. The van der Waals surface area contributed by atoms with Gasteiger partial charge in [-0.25, -0.2) is 9.97 Å². The molecule has 3 heterocycles. The summed E-state index contributed by atoms with van der Waals surface area (Å²) >= 11 is 5.85. The first-order chi connectivity index (χ1) is 10.8. The molecule has 1 aliphatic heterocycles. The van der Waals surface area contributed by atoms with Crippen LogP contribution in [-0.2, 0) is 6.54 Å². The molecule has 0 aromatic carbocycles. The summed E-state index contributed by atoms with van der Waals surface area (Å²) in [5.41, 5.74) is 0. The molecule has 6 nitrogen and oxygen atoms in total. The number of piperazine rings is 1. The van der Waals surface area contributed by atoms with Gasteiger partial charge in [0.25, 0.3) is 0 Å². The van der Waals surface area contributed by atoms with Crippen molar-refractivity contribution >= 4 is 17.5 Å². The molecule has 1 fully saturated rings. The summed E-state index contributed by atoms with van der Waals surface area (Å²) in [6.07, 6.45) is 9.47. The van der Waals surface area contributed by atoms with Gasteiger partial charge in [0.15, 0.2) is 0 Å². The Morgan fingerprint density at radius 3 is 2.41 bits per heavy atom. The average molecular weight is 321 g/mol. The fourth-order valence-electron chi connectivity index (χ4n) is 2.70. The van der Waals surface area contributed by atoms with Gasteiger partial charge in [-0.1, -0.05) is 11.6 Å². The quantitative estimate of drug-likeness (QED) is 0.761. The average Bonchev–Trinajstić information content (AvgIpc) is 2.98. The van der Waals surface area contributed by atoms with E-state index in [1.807, 2.05) is 16.9 Å². The molecule has 0 saturated carbocycles. The molecule has 1 aliphatic rings. The van der Waals surface area contributed by atoms with Crippen molar-refractivity contribution in [1.29, 1.82) is 0 Å². The topological polar surface area (TPSA) is 50.1 Å². The third-order valence-electron chi connectivity index (χ3n) is 3.92. The normalized spacial score (nSPS) is 16.1. The van der Waals surface area contributed by atoms with Gasteiger partial charge in [-0.05, 0) is 25.5 Å². The Labute approximate surface area is 135 Å². The molecule has 0 unspecified atom stereocenters. The standard InChI is InChI=1S/C15H21ClN6/c16-14-12-19-22(13-14)7-2-1-6-20-8-10-21(11-9-20)15-17-4-3-5-18-15/h3-5,12-13H,1-2,6-11H2. The van der Waals surface area contributed by atoms with Gasteiger partial charge in [0, 0.05) is 51.3 Å². The van der Waals surface area contributed by atoms with Crippen molar-refractivity contribution < 1.29 is 0 Å². The number of hydrogen-bond donors (Lipinski definition) is 0. The fraction of sp³-hybridized carbons (Fsp3) is 0.533. The highest BCUT2D eigenvalue weighted by Crippen LogP contribution is 2.10. The van der Waals surface area contributed by atoms with Gasteiger partial charge < -0.3 is 4.90 Å². The van der Waals surface area contributed by atoms with Crippen LogP contribution in [0.1, 0.15) is 12.8 Å². The lowest BCUT2D eigenvalue weighted by Gasteiger charge is -2.34. The van der Waals surface area contributed by atoms with E-state index in [-0.39, 0.29) is 0 Å². The largest absolute Gasteiger partial charge is 0.338 e. The van der Waals surface area contributed by atoms with E-state index in [0.29, 0.717) is 5.02 Å². The Kier molecular flexibility index (Phi) is 5.24. The predicted molar refractivity (Wildman–Crippen MR) is 87.2 cm³/mol. The van der Waals surface area contributed by atoms with E-state index < -0.39 is 0 Å². The zero-order valence-corrected chi connectivity index (χ0v) is 13.4. The zero-order chi connectivity index (χ0) is 15.2. The molecule has 118 valence electrons. The minimum Gasteiger partial charge on any atom is -0.338 e. The van der Waals surface area contributed by atoms with Crippen LogP contribution in [0.4, 0.5) is 5.95 Å². The molecule has 22 heavy (non-hydrogen) atoms. The number of hydrogen-bond acceptors (Lipinski definition) is 5. The molecule has 0 radical (unpaired) electrons. The molecule has 0 spiro atoms. The molecule has 0 bridgehead atoms. The van der Waals surface area contributed by atoms with Crippen LogP contribution in [0.3, 0.4) is 0 Å². The van der Waals surface area contributed by atoms with Gasteiger partial charge in [0.2, 0.25) is 5.95 Å². The van der Waals surface area contributed by atoms with Gasteiger partial charge >= 0.3 is 0 Å². The van der Waals surface area contributed by atoms with Crippen LogP contribution in [0.25, 0.3) is 0 Å². The zero-order valence-electron chi connectivity index (χ0n) is 12.6. The third-order valence-corrected chi connectivity index (χ3v) is 4.12. The first-order valence-electron chi connectivity index (χ1n) is 7.73. The van der Waals surface area contributed by atoms with Crippen molar-refractivity contribution in [2.75, 3.05) is 37.6 Å². The first-order valence-corrected chi connectivity index (χ1v) is 8.11. The number of nitrogens with zero attached hydrogens (tertiary/aromatic N) is 6. The summed E-state index contributed by atoms with van der Waals surface area (Å²) in [5, 5.41) is 4.90. The Bertz CT molecular complexity index is 564. The molecule has 7 heteroatoms. The molecule has 1 saturated heterocycles. The van der Waals surface area contributed by atoms with Gasteiger partial charge in [0.1, 0.15) is 0 Å². The highest BCUT2D eigenvalue weighted by molar-refractivity contribution is 6.30. The van der Waals surface area contributed by atoms with Crippen molar-refractivity contribution in [3.63, 3.8) is 0 Å². The number of aryl methyl sites for hydroxylation is 1. The van der Waals surface area contributed by atoms with E-state index in [2.05, 4.69) is 24.9 Å². The molecular weight excluding hydrogens is 300 g/mol. The second-order valence-corrected chi connectivity index (χ2v) is 5.94. The smallest absolute Gasteiger partial charge is 0.225 e. The van der Waals surface area contributed by atoms with Crippen molar-refractivity contribution in [2.45, 2.75) is 19.4 Å². The van der Waals surface area contributed by atoms with Crippen molar-refractivity contribution in [3.8, 4) is 0 Å². The highest BCUT2D eigenvalue weighted by Gasteiger charge is 2.17. The lowest BCUT2D eigenvalue weighted by Crippen LogP contribution is -2.47. The summed E-state index contributed by atoms with van der Waals surface area (Å²) in [6.45, 7) is 6.22. The molecule has 2 aromatic heterocycles. The summed E-state index contributed by atoms with van der Waals surface area (Å²) in [4.78, 5) is 13.4. The maximum Gasteiger partial charge on any atom is 0.225 e. The van der Waals surface area contributed by atoms with Gasteiger partial charge in [0.05, 0.1) is 11.2 Å². The molecular formula is C15H21ClN6. The number of anilines is 1. The van der Waals surface area contributed by atoms with Crippen LogP contribution in [0.15, 0.2) is 30.9 Å². The number of unbranched alkanes of at least 4 members (excludes halogenated alkanes) is 1. The Hall–Kier alpha value is -1.66. The second-order valence-electron chi connectivity index (χ2n) is 5.51. The minimum absolute atomic E-state index is 0.708. The number of rotatable bonds is 6. The Morgan fingerprint density at radius 1 is 1.00 bits per heavy atom. The van der Waals surface area contributed by atoms with Crippen molar-refractivity contribution in [3.05, 3.63) is 35.9 Å².